The van der Waals surface area contributed by atoms with Gasteiger partial charge in [-0.15, -0.1) is 0 Å². The van der Waals surface area contributed by atoms with Crippen LogP contribution in [0.2, 0.25) is 10.0 Å². The van der Waals surface area contributed by atoms with Crippen LogP contribution in [0.3, 0.4) is 0 Å². The van der Waals surface area contributed by atoms with E-state index in [1.165, 1.54) is 6.07 Å². The topological polar surface area (TPSA) is 91.3 Å². The van der Waals surface area contributed by atoms with Crippen LogP contribution in [-0.2, 0) is 0 Å². The molecular weight excluding hydrogens is 312 g/mol. The number of halogens is 3. The standard InChI is InChI=1S/C11H6Cl2FN3O3/c12-6-4-7(13)11(16-10(6)15)20-9-3-5(14)1-2-8(9)17(18)19/h1-4H,(H2,15,16). The zero-order valence-corrected chi connectivity index (χ0v) is 11.2. The van der Waals surface area contributed by atoms with Crippen LogP contribution in [0, 0.1) is 15.9 Å². The largest absolute Gasteiger partial charge is 0.430 e. The first-order chi connectivity index (χ1) is 9.38. The van der Waals surface area contributed by atoms with Crippen LogP contribution in [0.5, 0.6) is 11.6 Å². The predicted molar refractivity (Wildman–Crippen MR) is 71.8 cm³/mol. The third-order valence-corrected chi connectivity index (χ3v) is 2.82. The molecule has 6 nitrogen and oxygen atoms in total. The summed E-state index contributed by atoms with van der Waals surface area (Å²) in [6.45, 7) is 0. The number of nitrogens with two attached hydrogens (primary N) is 1. The molecule has 0 aliphatic rings. The van der Waals surface area contributed by atoms with Gasteiger partial charge in [0.25, 0.3) is 0 Å². The molecule has 1 aromatic heterocycles. The van der Waals surface area contributed by atoms with Crippen molar-refractivity contribution in [2.24, 2.45) is 0 Å². The Balaban J connectivity index is 2.47. The van der Waals surface area contributed by atoms with Crippen molar-refractivity contribution in [3.8, 4) is 11.6 Å². The summed E-state index contributed by atoms with van der Waals surface area (Å²) >= 11 is 11.5. The zero-order valence-electron chi connectivity index (χ0n) is 9.64. The second-order valence-corrected chi connectivity index (χ2v) is 4.43. The Morgan fingerprint density at radius 1 is 1.30 bits per heavy atom. The van der Waals surface area contributed by atoms with Crippen molar-refractivity contribution in [1.29, 1.82) is 0 Å². The molecule has 0 aliphatic carbocycles. The molecule has 2 N–H and O–H groups in total. The Labute approximate surface area is 122 Å². The first-order valence-electron chi connectivity index (χ1n) is 5.12. The summed E-state index contributed by atoms with van der Waals surface area (Å²) in [6, 6.07) is 4.03. The van der Waals surface area contributed by atoms with Crippen molar-refractivity contribution in [2.45, 2.75) is 0 Å². The lowest BCUT2D eigenvalue weighted by molar-refractivity contribution is -0.385. The number of benzene rings is 1. The molecule has 0 saturated heterocycles. The lowest BCUT2D eigenvalue weighted by Gasteiger charge is -2.08. The Hall–Kier alpha value is -2.12. The molecule has 0 aliphatic heterocycles. The molecule has 0 saturated carbocycles. The van der Waals surface area contributed by atoms with Crippen LogP contribution in [0.1, 0.15) is 0 Å². The minimum Gasteiger partial charge on any atom is -0.430 e. The minimum absolute atomic E-state index is 0.0113. The number of aromatic nitrogens is 1. The highest BCUT2D eigenvalue weighted by molar-refractivity contribution is 6.36. The van der Waals surface area contributed by atoms with Gasteiger partial charge in [0.2, 0.25) is 11.6 Å². The highest BCUT2D eigenvalue weighted by atomic mass is 35.5. The van der Waals surface area contributed by atoms with Crippen molar-refractivity contribution in [2.75, 3.05) is 5.73 Å². The van der Waals surface area contributed by atoms with E-state index >= 15 is 0 Å². The normalized spacial score (nSPS) is 10.3. The first kappa shape index (κ1) is 14.3. The molecule has 1 aromatic carbocycles. The number of hydrogen-bond donors (Lipinski definition) is 1. The lowest BCUT2D eigenvalue weighted by atomic mass is 10.3. The van der Waals surface area contributed by atoms with Gasteiger partial charge in [-0.25, -0.2) is 4.39 Å². The number of nitrogens with zero attached hydrogens (tertiary/aromatic N) is 2. The van der Waals surface area contributed by atoms with Crippen molar-refractivity contribution >= 4 is 34.7 Å². The Morgan fingerprint density at radius 3 is 2.65 bits per heavy atom. The zero-order chi connectivity index (χ0) is 14.9. The van der Waals surface area contributed by atoms with Gasteiger partial charge in [-0.2, -0.15) is 4.98 Å². The fourth-order valence-electron chi connectivity index (χ4n) is 1.36. The van der Waals surface area contributed by atoms with E-state index < -0.39 is 16.4 Å². The molecule has 2 rings (SSSR count). The maximum absolute atomic E-state index is 13.2. The number of hydrogen-bond acceptors (Lipinski definition) is 5. The Morgan fingerprint density at radius 2 is 2.00 bits per heavy atom. The summed E-state index contributed by atoms with van der Waals surface area (Å²) in [7, 11) is 0. The number of nitro groups is 1. The summed E-state index contributed by atoms with van der Waals surface area (Å²) in [4.78, 5) is 13.9. The monoisotopic (exact) mass is 317 g/mol. The maximum Gasteiger partial charge on any atom is 0.311 e. The highest BCUT2D eigenvalue weighted by Crippen LogP contribution is 2.36. The van der Waals surface area contributed by atoms with Gasteiger partial charge in [0.1, 0.15) is 16.7 Å². The molecule has 20 heavy (non-hydrogen) atoms. The first-order valence-corrected chi connectivity index (χ1v) is 5.87. The molecule has 2 aromatic rings. The van der Waals surface area contributed by atoms with Gasteiger partial charge in [-0.3, -0.25) is 10.1 Å². The molecule has 0 atom stereocenters. The molecule has 0 spiro atoms. The van der Waals surface area contributed by atoms with Crippen molar-refractivity contribution < 1.29 is 14.1 Å². The van der Waals surface area contributed by atoms with Crippen molar-refractivity contribution in [3.05, 3.63) is 50.2 Å². The summed E-state index contributed by atoms with van der Waals surface area (Å²) in [6.07, 6.45) is 0. The summed E-state index contributed by atoms with van der Waals surface area (Å²) in [5, 5.41) is 10.9. The van der Waals surface area contributed by atoms with E-state index in [0.29, 0.717) is 0 Å². The van der Waals surface area contributed by atoms with Gasteiger partial charge < -0.3 is 10.5 Å². The number of pyridine rings is 1. The second kappa shape index (κ2) is 5.48. The fourth-order valence-corrected chi connectivity index (χ4v) is 1.76. The number of rotatable bonds is 3. The van der Waals surface area contributed by atoms with E-state index in [9.17, 15) is 14.5 Å². The van der Waals surface area contributed by atoms with Crippen LogP contribution >= 0.6 is 23.2 Å². The van der Waals surface area contributed by atoms with Gasteiger partial charge in [0, 0.05) is 12.1 Å². The number of nitro benzene ring substituents is 1. The molecule has 0 bridgehead atoms. The molecule has 104 valence electrons. The fraction of sp³-hybridized carbons (Fsp3) is 0. The number of nitrogen functional groups attached to an aromatic ring is 1. The van der Waals surface area contributed by atoms with Crippen molar-refractivity contribution in [3.63, 3.8) is 0 Å². The number of ether oxygens (including phenoxy) is 1. The van der Waals surface area contributed by atoms with E-state index in [4.69, 9.17) is 33.7 Å². The van der Waals surface area contributed by atoms with E-state index in [1.54, 1.807) is 0 Å². The quantitative estimate of drug-likeness (QED) is 0.686. The molecule has 0 unspecified atom stereocenters. The molecule has 9 heteroatoms. The van der Waals surface area contributed by atoms with Crippen LogP contribution in [-0.4, -0.2) is 9.91 Å². The molecule has 0 radical (unpaired) electrons. The van der Waals surface area contributed by atoms with E-state index in [1.807, 2.05) is 0 Å². The van der Waals surface area contributed by atoms with Gasteiger partial charge in [0.15, 0.2) is 0 Å². The Kier molecular flexibility index (Phi) is 3.91. The highest BCUT2D eigenvalue weighted by Gasteiger charge is 2.19. The van der Waals surface area contributed by atoms with Crippen molar-refractivity contribution in [1.82, 2.24) is 4.98 Å². The number of anilines is 1. The van der Waals surface area contributed by atoms with Gasteiger partial charge in [0.05, 0.1) is 9.95 Å². The predicted octanol–water partition coefficient (Wildman–Crippen LogP) is 3.81. The molecular formula is C11H6Cl2FN3O3. The third kappa shape index (κ3) is 2.89. The van der Waals surface area contributed by atoms with Crippen LogP contribution in [0.4, 0.5) is 15.9 Å². The average molecular weight is 318 g/mol. The van der Waals surface area contributed by atoms with E-state index in [0.717, 1.165) is 18.2 Å². The smallest absolute Gasteiger partial charge is 0.311 e. The lowest BCUT2D eigenvalue weighted by Crippen LogP contribution is -1.98. The second-order valence-electron chi connectivity index (χ2n) is 3.61. The minimum atomic E-state index is -0.720. The Bertz CT molecular complexity index is 697. The summed E-state index contributed by atoms with van der Waals surface area (Å²) in [5.41, 5.74) is 5.05. The van der Waals surface area contributed by atoms with Crippen LogP contribution < -0.4 is 10.5 Å². The maximum atomic E-state index is 13.2. The molecule has 0 amide bonds. The van der Waals surface area contributed by atoms with Gasteiger partial charge >= 0.3 is 5.69 Å². The van der Waals surface area contributed by atoms with Crippen LogP contribution in [0.25, 0.3) is 0 Å². The third-order valence-electron chi connectivity index (χ3n) is 2.25. The molecule has 0 fully saturated rings. The van der Waals surface area contributed by atoms with Gasteiger partial charge in [-0.05, 0) is 12.1 Å². The van der Waals surface area contributed by atoms with Gasteiger partial charge in [-0.1, -0.05) is 23.2 Å². The average Bonchev–Trinajstić information content (AvgIpc) is 2.35. The SMILES string of the molecule is Nc1nc(Oc2cc(F)ccc2[N+](=O)[O-])c(Cl)cc1Cl. The summed E-state index contributed by atoms with van der Waals surface area (Å²) < 4.78 is 18.3. The van der Waals surface area contributed by atoms with E-state index in [-0.39, 0.29) is 27.5 Å². The van der Waals surface area contributed by atoms with E-state index in [2.05, 4.69) is 4.98 Å². The molecule has 1 heterocycles. The van der Waals surface area contributed by atoms with Crippen LogP contribution in [0.15, 0.2) is 24.3 Å². The summed E-state index contributed by atoms with van der Waals surface area (Å²) in [5.74, 6) is -1.32.